The molecule has 0 aromatic heterocycles. The Morgan fingerprint density at radius 3 is 2.72 bits per heavy atom. The predicted molar refractivity (Wildman–Crippen MR) is 70.4 cm³/mol. The van der Waals surface area contributed by atoms with Crippen molar-refractivity contribution < 1.29 is 14.6 Å². The van der Waals surface area contributed by atoms with E-state index in [1.807, 2.05) is 25.7 Å². The van der Waals surface area contributed by atoms with Gasteiger partial charge in [0.2, 0.25) is 5.91 Å². The topological polar surface area (TPSA) is 61.8 Å². The number of hydrogen-bond donors (Lipinski definition) is 2. The van der Waals surface area contributed by atoms with E-state index in [-0.39, 0.29) is 12.0 Å². The Hall–Kier alpha value is -0.650. The van der Waals surface area contributed by atoms with Crippen molar-refractivity contribution in [3.8, 4) is 0 Å². The minimum atomic E-state index is -0.564. The van der Waals surface area contributed by atoms with Crippen molar-refractivity contribution in [1.82, 2.24) is 10.2 Å². The smallest absolute Gasteiger partial charge is 0.234 e. The molecule has 0 aromatic carbocycles. The van der Waals surface area contributed by atoms with Gasteiger partial charge in [0, 0.05) is 26.2 Å². The zero-order valence-corrected chi connectivity index (χ0v) is 11.7. The van der Waals surface area contributed by atoms with Crippen molar-refractivity contribution >= 4 is 5.91 Å². The van der Waals surface area contributed by atoms with Gasteiger partial charge in [0.05, 0.1) is 18.2 Å². The van der Waals surface area contributed by atoms with Crippen LogP contribution in [0.2, 0.25) is 0 Å². The van der Waals surface area contributed by atoms with E-state index in [0.717, 1.165) is 12.8 Å². The third-order valence-electron chi connectivity index (χ3n) is 3.16. The molecule has 5 heteroatoms. The molecule has 1 fully saturated rings. The monoisotopic (exact) mass is 258 g/mol. The highest BCUT2D eigenvalue weighted by atomic mass is 16.5. The third kappa shape index (κ3) is 5.33. The van der Waals surface area contributed by atoms with Crippen molar-refractivity contribution in [2.75, 3.05) is 32.8 Å². The zero-order chi connectivity index (χ0) is 13.6. The van der Waals surface area contributed by atoms with Crippen LogP contribution >= 0.6 is 0 Å². The number of carbonyl (C=O) groups excluding carboxylic acids is 1. The first kappa shape index (κ1) is 15.4. The number of nitrogens with one attached hydrogen (secondary N) is 1. The van der Waals surface area contributed by atoms with Crippen molar-refractivity contribution in [2.45, 2.75) is 45.3 Å². The fourth-order valence-electron chi connectivity index (χ4n) is 2.00. The second-order valence-corrected chi connectivity index (χ2v) is 5.35. The molecule has 106 valence electrons. The van der Waals surface area contributed by atoms with E-state index >= 15 is 0 Å². The molecule has 18 heavy (non-hydrogen) atoms. The normalized spacial score (nSPS) is 18.7. The lowest BCUT2D eigenvalue weighted by Gasteiger charge is -2.45. The Kier molecular flexibility index (Phi) is 6.05. The van der Waals surface area contributed by atoms with Crippen molar-refractivity contribution in [3.63, 3.8) is 0 Å². The standard InChI is InChI=1S/C13H26N2O3/c1-4-13(17)9-15(10-13)8-12(16)14-6-5-7-18-11(2)3/h11,17H,4-10H2,1-3H3,(H,14,16). The molecule has 0 spiro atoms. The highest BCUT2D eigenvalue weighted by Gasteiger charge is 2.39. The molecule has 0 atom stereocenters. The lowest BCUT2D eigenvalue weighted by atomic mass is 9.91. The molecule has 0 aliphatic carbocycles. The Morgan fingerprint density at radius 1 is 1.50 bits per heavy atom. The number of carbonyl (C=O) groups is 1. The van der Waals surface area contributed by atoms with E-state index in [9.17, 15) is 9.90 Å². The average molecular weight is 258 g/mol. The lowest BCUT2D eigenvalue weighted by molar-refractivity contribution is -0.133. The maximum Gasteiger partial charge on any atom is 0.234 e. The summed E-state index contributed by atoms with van der Waals surface area (Å²) >= 11 is 0. The van der Waals surface area contributed by atoms with E-state index in [1.54, 1.807) is 0 Å². The maximum atomic E-state index is 11.6. The van der Waals surface area contributed by atoms with Gasteiger partial charge in [0.1, 0.15) is 0 Å². The Bertz CT molecular complexity index is 263. The van der Waals surface area contributed by atoms with Gasteiger partial charge < -0.3 is 15.2 Å². The van der Waals surface area contributed by atoms with Crippen molar-refractivity contribution in [1.29, 1.82) is 0 Å². The van der Waals surface area contributed by atoms with Gasteiger partial charge in [-0.1, -0.05) is 6.92 Å². The van der Waals surface area contributed by atoms with E-state index in [2.05, 4.69) is 5.32 Å². The van der Waals surface area contributed by atoms with Gasteiger partial charge in [-0.25, -0.2) is 0 Å². The first-order valence-corrected chi connectivity index (χ1v) is 6.78. The second-order valence-electron chi connectivity index (χ2n) is 5.35. The number of hydrogen-bond acceptors (Lipinski definition) is 4. The molecule has 0 saturated carbocycles. The highest BCUT2D eigenvalue weighted by molar-refractivity contribution is 5.78. The summed E-state index contributed by atoms with van der Waals surface area (Å²) in [7, 11) is 0. The van der Waals surface area contributed by atoms with Crippen LogP contribution in [0.15, 0.2) is 0 Å². The molecule has 1 heterocycles. The molecule has 0 aromatic rings. The zero-order valence-electron chi connectivity index (χ0n) is 11.7. The Morgan fingerprint density at radius 2 is 2.17 bits per heavy atom. The van der Waals surface area contributed by atoms with Gasteiger partial charge in [-0.2, -0.15) is 0 Å². The lowest BCUT2D eigenvalue weighted by Crippen LogP contribution is -2.63. The predicted octanol–water partition coefficient (Wildman–Crippen LogP) is 0.374. The summed E-state index contributed by atoms with van der Waals surface area (Å²) in [6.45, 7) is 8.88. The number of nitrogens with zero attached hydrogens (tertiary/aromatic N) is 1. The molecule has 2 N–H and O–H groups in total. The average Bonchev–Trinajstić information content (AvgIpc) is 2.25. The fraction of sp³-hybridized carbons (Fsp3) is 0.923. The molecule has 0 radical (unpaired) electrons. The van der Waals surface area contributed by atoms with Crippen molar-refractivity contribution in [3.05, 3.63) is 0 Å². The minimum absolute atomic E-state index is 0.0256. The molecule has 0 bridgehead atoms. The van der Waals surface area contributed by atoms with E-state index in [4.69, 9.17) is 4.74 Å². The molecule has 1 saturated heterocycles. The minimum Gasteiger partial charge on any atom is -0.387 e. The van der Waals surface area contributed by atoms with Crippen LogP contribution in [0, 0.1) is 0 Å². The first-order valence-electron chi connectivity index (χ1n) is 6.78. The number of rotatable bonds is 8. The van der Waals surface area contributed by atoms with Gasteiger partial charge in [-0.15, -0.1) is 0 Å². The molecular formula is C13H26N2O3. The number of aliphatic hydroxyl groups is 1. The summed E-state index contributed by atoms with van der Waals surface area (Å²) in [5.74, 6) is 0.0256. The third-order valence-corrected chi connectivity index (χ3v) is 3.16. The molecule has 1 amide bonds. The Balaban J connectivity index is 1.99. The largest absolute Gasteiger partial charge is 0.387 e. The molecule has 5 nitrogen and oxygen atoms in total. The summed E-state index contributed by atoms with van der Waals surface area (Å²) in [6.07, 6.45) is 1.83. The molecular weight excluding hydrogens is 232 g/mol. The van der Waals surface area contributed by atoms with Gasteiger partial charge in [-0.05, 0) is 26.7 Å². The summed E-state index contributed by atoms with van der Waals surface area (Å²) in [5.41, 5.74) is -0.564. The summed E-state index contributed by atoms with van der Waals surface area (Å²) in [6, 6.07) is 0. The number of likely N-dealkylation sites (tertiary alicyclic amines) is 1. The quantitative estimate of drug-likeness (QED) is 0.618. The second kappa shape index (κ2) is 7.07. The van der Waals surface area contributed by atoms with Crippen LogP contribution in [0.3, 0.4) is 0 Å². The van der Waals surface area contributed by atoms with Crippen LogP contribution in [-0.2, 0) is 9.53 Å². The van der Waals surface area contributed by atoms with Gasteiger partial charge in [0.15, 0.2) is 0 Å². The number of ether oxygens (including phenoxy) is 1. The van der Waals surface area contributed by atoms with Gasteiger partial charge in [-0.3, -0.25) is 9.69 Å². The van der Waals surface area contributed by atoms with Gasteiger partial charge >= 0.3 is 0 Å². The summed E-state index contributed by atoms with van der Waals surface area (Å²) < 4.78 is 5.38. The van der Waals surface area contributed by atoms with Crippen LogP contribution in [0.1, 0.15) is 33.6 Å². The van der Waals surface area contributed by atoms with E-state index in [0.29, 0.717) is 32.8 Å². The molecule has 1 aliphatic heterocycles. The van der Waals surface area contributed by atoms with Crippen LogP contribution in [0.25, 0.3) is 0 Å². The van der Waals surface area contributed by atoms with E-state index < -0.39 is 5.60 Å². The Labute approximate surface area is 109 Å². The van der Waals surface area contributed by atoms with Gasteiger partial charge in [0.25, 0.3) is 0 Å². The van der Waals surface area contributed by atoms with Crippen LogP contribution < -0.4 is 5.32 Å². The first-order chi connectivity index (χ1) is 8.45. The SMILES string of the molecule is CCC1(O)CN(CC(=O)NCCCOC(C)C)C1. The molecule has 1 aliphatic rings. The van der Waals surface area contributed by atoms with Crippen LogP contribution in [0.4, 0.5) is 0 Å². The fourth-order valence-corrected chi connectivity index (χ4v) is 2.00. The number of amides is 1. The van der Waals surface area contributed by atoms with E-state index in [1.165, 1.54) is 0 Å². The molecule has 0 unspecified atom stereocenters. The maximum absolute atomic E-state index is 11.6. The molecule has 1 rings (SSSR count). The van der Waals surface area contributed by atoms with Crippen LogP contribution in [0.5, 0.6) is 0 Å². The summed E-state index contributed by atoms with van der Waals surface area (Å²) in [4.78, 5) is 13.5. The van der Waals surface area contributed by atoms with Crippen LogP contribution in [-0.4, -0.2) is 60.4 Å². The van der Waals surface area contributed by atoms with Crippen molar-refractivity contribution in [2.24, 2.45) is 0 Å². The number of β-amino-alcohol motifs (C(OH)–C–C–N with tert-alkyl or cyclic N) is 1. The summed E-state index contributed by atoms with van der Waals surface area (Å²) in [5, 5.41) is 12.7. The highest BCUT2D eigenvalue weighted by Crippen LogP contribution is 2.23.